The molecule has 21 heavy (non-hydrogen) atoms. The standard InChI is InChI=1S/C15H12BrFN2O2/c16-13-8-12(19(20)21)7-10-3-6-14(18-15(10)13)9-1-4-11(17)5-2-9/h1-2,4-5,7-8,14,18H,3,6H2. The van der Waals surface area contributed by atoms with E-state index in [1.54, 1.807) is 18.2 Å². The summed E-state index contributed by atoms with van der Waals surface area (Å²) in [7, 11) is 0. The van der Waals surface area contributed by atoms with Crippen LogP contribution in [0.4, 0.5) is 15.8 Å². The minimum atomic E-state index is -0.392. The number of aryl methyl sites for hydroxylation is 1. The van der Waals surface area contributed by atoms with E-state index >= 15 is 0 Å². The minimum absolute atomic E-state index is 0.0795. The molecule has 0 amide bonds. The molecule has 2 aromatic rings. The number of nitro groups is 1. The molecule has 1 N–H and O–H groups in total. The zero-order valence-electron chi connectivity index (χ0n) is 11.0. The van der Waals surface area contributed by atoms with Crippen molar-refractivity contribution in [2.75, 3.05) is 5.32 Å². The van der Waals surface area contributed by atoms with E-state index in [0.717, 1.165) is 29.7 Å². The molecule has 0 aromatic heterocycles. The molecule has 1 atom stereocenters. The number of nitrogens with zero attached hydrogens (tertiary/aromatic N) is 1. The Morgan fingerprint density at radius 2 is 2.00 bits per heavy atom. The van der Waals surface area contributed by atoms with Gasteiger partial charge in [-0.1, -0.05) is 12.1 Å². The van der Waals surface area contributed by atoms with Crippen LogP contribution in [0.3, 0.4) is 0 Å². The number of hydrogen-bond acceptors (Lipinski definition) is 3. The normalized spacial score (nSPS) is 17.0. The SMILES string of the molecule is O=[N+]([O-])c1cc(Br)c2c(c1)CCC(c1ccc(F)cc1)N2. The van der Waals surface area contributed by atoms with Crippen LogP contribution in [0.25, 0.3) is 0 Å². The number of nitrogens with one attached hydrogen (secondary N) is 1. The number of rotatable bonds is 2. The van der Waals surface area contributed by atoms with Crippen LogP contribution in [-0.2, 0) is 6.42 Å². The van der Waals surface area contributed by atoms with E-state index < -0.39 is 4.92 Å². The summed E-state index contributed by atoms with van der Waals surface area (Å²) < 4.78 is 13.7. The molecule has 0 bridgehead atoms. The Bertz CT molecular complexity index is 704. The first-order chi connectivity index (χ1) is 10.0. The van der Waals surface area contributed by atoms with Crippen LogP contribution in [0.5, 0.6) is 0 Å². The summed E-state index contributed by atoms with van der Waals surface area (Å²) in [6.45, 7) is 0. The molecule has 108 valence electrons. The van der Waals surface area contributed by atoms with Crippen molar-refractivity contribution < 1.29 is 9.31 Å². The van der Waals surface area contributed by atoms with E-state index in [0.29, 0.717) is 4.47 Å². The highest BCUT2D eigenvalue weighted by Crippen LogP contribution is 2.39. The Morgan fingerprint density at radius 1 is 1.29 bits per heavy atom. The molecule has 0 saturated heterocycles. The molecule has 3 rings (SSSR count). The molecule has 1 aliphatic rings. The second-order valence-electron chi connectivity index (χ2n) is 5.01. The van der Waals surface area contributed by atoms with Crippen LogP contribution in [0.15, 0.2) is 40.9 Å². The molecular weight excluding hydrogens is 339 g/mol. The topological polar surface area (TPSA) is 55.2 Å². The lowest BCUT2D eigenvalue weighted by atomic mass is 9.93. The minimum Gasteiger partial charge on any atom is -0.377 e. The fourth-order valence-electron chi connectivity index (χ4n) is 2.60. The summed E-state index contributed by atoms with van der Waals surface area (Å²) in [5, 5.41) is 14.3. The molecule has 6 heteroatoms. The third-order valence-electron chi connectivity index (χ3n) is 3.66. The van der Waals surface area contributed by atoms with Gasteiger partial charge in [-0.3, -0.25) is 10.1 Å². The van der Waals surface area contributed by atoms with E-state index in [1.807, 2.05) is 0 Å². The van der Waals surface area contributed by atoms with Crippen LogP contribution >= 0.6 is 15.9 Å². The molecule has 0 saturated carbocycles. The summed E-state index contributed by atoms with van der Waals surface area (Å²) in [6, 6.07) is 9.59. The summed E-state index contributed by atoms with van der Waals surface area (Å²) in [5.41, 5.74) is 2.89. The maximum atomic E-state index is 13.0. The van der Waals surface area contributed by atoms with Gasteiger partial charge in [0.25, 0.3) is 5.69 Å². The Hall–Kier alpha value is -1.95. The Labute approximate surface area is 129 Å². The van der Waals surface area contributed by atoms with E-state index in [-0.39, 0.29) is 17.5 Å². The maximum absolute atomic E-state index is 13.0. The first-order valence-electron chi connectivity index (χ1n) is 6.53. The zero-order valence-corrected chi connectivity index (χ0v) is 12.6. The molecule has 0 radical (unpaired) electrons. The van der Waals surface area contributed by atoms with Gasteiger partial charge in [0, 0.05) is 16.6 Å². The number of halogens is 2. The maximum Gasteiger partial charge on any atom is 0.270 e. The third kappa shape index (κ3) is 2.76. The lowest BCUT2D eigenvalue weighted by Crippen LogP contribution is -2.18. The number of nitro benzene ring substituents is 1. The van der Waals surface area contributed by atoms with Crippen LogP contribution in [-0.4, -0.2) is 4.92 Å². The summed E-state index contributed by atoms with van der Waals surface area (Å²) >= 11 is 3.39. The molecule has 0 fully saturated rings. The van der Waals surface area contributed by atoms with Crippen LogP contribution in [0.2, 0.25) is 0 Å². The molecule has 2 aromatic carbocycles. The molecule has 1 heterocycles. The molecule has 1 aliphatic heterocycles. The first-order valence-corrected chi connectivity index (χ1v) is 7.32. The fraction of sp³-hybridized carbons (Fsp3) is 0.200. The predicted octanol–water partition coefficient (Wildman–Crippen LogP) is 4.60. The van der Waals surface area contributed by atoms with Gasteiger partial charge in [0.15, 0.2) is 0 Å². The van der Waals surface area contributed by atoms with Gasteiger partial charge in [0.1, 0.15) is 5.82 Å². The second-order valence-corrected chi connectivity index (χ2v) is 5.86. The van der Waals surface area contributed by atoms with Crippen LogP contribution < -0.4 is 5.32 Å². The lowest BCUT2D eigenvalue weighted by molar-refractivity contribution is -0.385. The molecular formula is C15H12BrFN2O2. The van der Waals surface area contributed by atoms with E-state index in [9.17, 15) is 14.5 Å². The Morgan fingerprint density at radius 3 is 2.67 bits per heavy atom. The van der Waals surface area contributed by atoms with Crippen molar-refractivity contribution in [2.24, 2.45) is 0 Å². The summed E-state index contributed by atoms with van der Waals surface area (Å²) in [6.07, 6.45) is 1.55. The highest BCUT2D eigenvalue weighted by Gasteiger charge is 2.23. The number of anilines is 1. The van der Waals surface area contributed by atoms with Crippen molar-refractivity contribution in [1.82, 2.24) is 0 Å². The highest BCUT2D eigenvalue weighted by atomic mass is 79.9. The van der Waals surface area contributed by atoms with Crippen molar-refractivity contribution in [3.63, 3.8) is 0 Å². The third-order valence-corrected chi connectivity index (χ3v) is 4.29. The summed E-state index contributed by atoms with van der Waals surface area (Å²) in [4.78, 5) is 10.5. The number of hydrogen-bond donors (Lipinski definition) is 1. The van der Waals surface area contributed by atoms with Crippen LogP contribution in [0, 0.1) is 15.9 Å². The number of benzene rings is 2. The highest BCUT2D eigenvalue weighted by molar-refractivity contribution is 9.10. The Kier molecular flexibility index (Phi) is 3.63. The van der Waals surface area contributed by atoms with Crippen molar-refractivity contribution in [3.8, 4) is 0 Å². The molecule has 4 nitrogen and oxygen atoms in total. The van der Waals surface area contributed by atoms with Gasteiger partial charge in [-0.05, 0) is 52.0 Å². The Balaban J connectivity index is 1.92. The van der Waals surface area contributed by atoms with Gasteiger partial charge in [-0.25, -0.2) is 4.39 Å². The summed E-state index contributed by atoms with van der Waals surface area (Å²) in [5.74, 6) is -0.258. The number of fused-ring (bicyclic) bond motifs is 1. The van der Waals surface area contributed by atoms with Gasteiger partial charge in [-0.15, -0.1) is 0 Å². The average Bonchev–Trinajstić information content (AvgIpc) is 2.47. The van der Waals surface area contributed by atoms with E-state index in [4.69, 9.17) is 0 Å². The average molecular weight is 351 g/mol. The largest absolute Gasteiger partial charge is 0.377 e. The van der Waals surface area contributed by atoms with Crippen molar-refractivity contribution in [2.45, 2.75) is 18.9 Å². The fourth-order valence-corrected chi connectivity index (χ4v) is 3.21. The second kappa shape index (κ2) is 5.44. The molecule has 0 spiro atoms. The van der Waals surface area contributed by atoms with Crippen LogP contribution in [0.1, 0.15) is 23.6 Å². The van der Waals surface area contributed by atoms with Crippen molar-refractivity contribution >= 4 is 27.3 Å². The van der Waals surface area contributed by atoms with E-state index in [2.05, 4.69) is 21.2 Å². The predicted molar refractivity (Wildman–Crippen MR) is 81.9 cm³/mol. The smallest absolute Gasteiger partial charge is 0.270 e. The van der Waals surface area contributed by atoms with Gasteiger partial charge in [0.2, 0.25) is 0 Å². The van der Waals surface area contributed by atoms with Crippen molar-refractivity contribution in [1.29, 1.82) is 0 Å². The van der Waals surface area contributed by atoms with Gasteiger partial charge >= 0.3 is 0 Å². The first kappa shape index (κ1) is 14.0. The molecule has 1 unspecified atom stereocenters. The van der Waals surface area contributed by atoms with Gasteiger partial charge in [0.05, 0.1) is 16.7 Å². The lowest BCUT2D eigenvalue weighted by Gasteiger charge is -2.28. The quantitative estimate of drug-likeness (QED) is 0.636. The van der Waals surface area contributed by atoms with E-state index in [1.165, 1.54) is 18.2 Å². The number of non-ortho nitro benzene ring substituents is 1. The zero-order chi connectivity index (χ0) is 15.0. The van der Waals surface area contributed by atoms with Gasteiger partial charge < -0.3 is 5.32 Å². The monoisotopic (exact) mass is 350 g/mol. The molecule has 0 aliphatic carbocycles. The van der Waals surface area contributed by atoms with Gasteiger partial charge in [-0.2, -0.15) is 0 Å². The van der Waals surface area contributed by atoms with Crippen molar-refractivity contribution in [3.05, 3.63) is 67.9 Å².